The summed E-state index contributed by atoms with van der Waals surface area (Å²) in [7, 11) is 0. The fourth-order valence-corrected chi connectivity index (χ4v) is 3.24. The second-order valence-electron chi connectivity index (χ2n) is 6.94. The van der Waals surface area contributed by atoms with E-state index in [1.54, 1.807) is 36.5 Å². The lowest BCUT2D eigenvalue weighted by Gasteiger charge is -2.10. The van der Waals surface area contributed by atoms with Crippen LogP contribution in [0.25, 0.3) is 16.8 Å². The maximum absolute atomic E-state index is 12.5. The van der Waals surface area contributed by atoms with Gasteiger partial charge in [-0.15, -0.1) is 0 Å². The SMILES string of the molecule is Cc1cc(Oc2ncccc2C#N)ccc1NC(=O)/C=C/c1cccc2ccccc12. The summed E-state index contributed by atoms with van der Waals surface area (Å²) in [6, 6.07) is 24.7. The fraction of sp³-hybridized carbons (Fsp3) is 0.0385. The molecule has 0 aliphatic carbocycles. The summed E-state index contributed by atoms with van der Waals surface area (Å²) in [5, 5.41) is 14.3. The molecule has 0 fully saturated rings. The van der Waals surface area contributed by atoms with Gasteiger partial charge >= 0.3 is 0 Å². The molecular weight excluding hydrogens is 386 g/mol. The molecule has 1 amide bonds. The van der Waals surface area contributed by atoms with E-state index in [-0.39, 0.29) is 11.8 Å². The molecule has 0 radical (unpaired) electrons. The molecule has 4 aromatic rings. The first-order valence-electron chi connectivity index (χ1n) is 9.74. The third-order valence-electron chi connectivity index (χ3n) is 4.80. The zero-order valence-corrected chi connectivity index (χ0v) is 16.9. The first-order chi connectivity index (χ1) is 15.1. The molecule has 1 heterocycles. The molecule has 0 unspecified atom stereocenters. The Kier molecular flexibility index (Phi) is 5.72. The van der Waals surface area contributed by atoms with Crippen LogP contribution in [0.3, 0.4) is 0 Å². The van der Waals surface area contributed by atoms with Crippen molar-refractivity contribution in [2.45, 2.75) is 6.92 Å². The number of pyridine rings is 1. The lowest BCUT2D eigenvalue weighted by Crippen LogP contribution is -2.09. The van der Waals surface area contributed by atoms with Crippen molar-refractivity contribution in [3.8, 4) is 17.7 Å². The van der Waals surface area contributed by atoms with Gasteiger partial charge in [-0.05, 0) is 65.2 Å². The van der Waals surface area contributed by atoms with E-state index in [1.807, 2.05) is 55.5 Å². The average Bonchev–Trinajstić information content (AvgIpc) is 2.80. The van der Waals surface area contributed by atoms with Crippen LogP contribution in [0.15, 0.2) is 85.1 Å². The van der Waals surface area contributed by atoms with Crippen LogP contribution in [0, 0.1) is 18.3 Å². The van der Waals surface area contributed by atoms with Gasteiger partial charge in [0.25, 0.3) is 0 Å². The van der Waals surface area contributed by atoms with Crippen LogP contribution in [-0.2, 0) is 4.79 Å². The van der Waals surface area contributed by atoms with Gasteiger partial charge < -0.3 is 10.1 Å². The minimum Gasteiger partial charge on any atom is -0.438 e. The minimum atomic E-state index is -0.221. The number of carbonyl (C=O) groups excluding carboxylic acids is 1. The summed E-state index contributed by atoms with van der Waals surface area (Å²) in [5.41, 5.74) is 2.86. The third-order valence-corrected chi connectivity index (χ3v) is 4.80. The van der Waals surface area contributed by atoms with Crippen molar-refractivity contribution >= 4 is 28.4 Å². The van der Waals surface area contributed by atoms with Gasteiger partial charge in [0.2, 0.25) is 11.8 Å². The highest BCUT2D eigenvalue weighted by Crippen LogP contribution is 2.27. The lowest BCUT2D eigenvalue weighted by atomic mass is 10.0. The molecule has 0 atom stereocenters. The van der Waals surface area contributed by atoms with Crippen LogP contribution >= 0.6 is 0 Å². The predicted molar refractivity (Wildman–Crippen MR) is 122 cm³/mol. The maximum Gasteiger partial charge on any atom is 0.248 e. The van der Waals surface area contributed by atoms with Crippen LogP contribution in [0.5, 0.6) is 11.6 Å². The Hall–Kier alpha value is -4.43. The molecule has 150 valence electrons. The molecular formula is C26H19N3O2. The molecule has 4 rings (SSSR count). The summed E-state index contributed by atoms with van der Waals surface area (Å²) in [5.74, 6) is 0.567. The number of nitrogens with zero attached hydrogens (tertiary/aromatic N) is 2. The molecule has 1 N–H and O–H groups in total. The molecule has 0 aliphatic rings. The Balaban J connectivity index is 1.47. The Morgan fingerprint density at radius 2 is 1.90 bits per heavy atom. The maximum atomic E-state index is 12.5. The third kappa shape index (κ3) is 4.60. The Morgan fingerprint density at radius 3 is 2.74 bits per heavy atom. The van der Waals surface area contributed by atoms with E-state index in [0.717, 1.165) is 21.9 Å². The van der Waals surface area contributed by atoms with Crippen LogP contribution in [0.4, 0.5) is 5.69 Å². The number of fused-ring (bicyclic) bond motifs is 1. The zero-order valence-electron chi connectivity index (χ0n) is 16.9. The molecule has 5 nitrogen and oxygen atoms in total. The number of nitrogens with one attached hydrogen (secondary N) is 1. The van der Waals surface area contributed by atoms with Gasteiger partial charge in [-0.2, -0.15) is 5.26 Å². The van der Waals surface area contributed by atoms with Crippen molar-refractivity contribution in [1.82, 2.24) is 4.98 Å². The number of aryl methyl sites for hydroxylation is 1. The predicted octanol–water partition coefficient (Wildman–Crippen LogP) is 5.86. The summed E-state index contributed by atoms with van der Waals surface area (Å²) in [4.78, 5) is 16.6. The number of aromatic nitrogens is 1. The van der Waals surface area contributed by atoms with Crippen LogP contribution in [-0.4, -0.2) is 10.9 Å². The van der Waals surface area contributed by atoms with E-state index >= 15 is 0 Å². The van der Waals surface area contributed by atoms with Crippen LogP contribution in [0.2, 0.25) is 0 Å². The van der Waals surface area contributed by atoms with Gasteiger partial charge in [-0.3, -0.25) is 4.79 Å². The Labute approximate surface area is 180 Å². The normalized spacial score (nSPS) is 10.7. The molecule has 0 aliphatic heterocycles. The number of hydrogen-bond donors (Lipinski definition) is 1. The molecule has 1 aromatic heterocycles. The molecule has 31 heavy (non-hydrogen) atoms. The summed E-state index contributed by atoms with van der Waals surface area (Å²) < 4.78 is 5.73. The van der Waals surface area contributed by atoms with Gasteiger partial charge in [0.05, 0.1) is 0 Å². The van der Waals surface area contributed by atoms with Crippen molar-refractivity contribution in [3.63, 3.8) is 0 Å². The highest BCUT2D eigenvalue weighted by atomic mass is 16.5. The summed E-state index contributed by atoms with van der Waals surface area (Å²) >= 11 is 0. The monoisotopic (exact) mass is 405 g/mol. The number of carbonyl (C=O) groups is 1. The second-order valence-corrected chi connectivity index (χ2v) is 6.94. The first kappa shape index (κ1) is 19.9. The number of benzene rings is 3. The van der Waals surface area contributed by atoms with E-state index < -0.39 is 0 Å². The van der Waals surface area contributed by atoms with Crippen molar-refractivity contribution in [1.29, 1.82) is 5.26 Å². The van der Waals surface area contributed by atoms with Gasteiger partial charge in [0.1, 0.15) is 17.4 Å². The van der Waals surface area contributed by atoms with Gasteiger partial charge in [0.15, 0.2) is 0 Å². The Bertz CT molecular complexity index is 1330. The average molecular weight is 405 g/mol. The van der Waals surface area contributed by atoms with Gasteiger partial charge in [0, 0.05) is 18.0 Å². The van der Waals surface area contributed by atoms with Crippen LogP contribution in [0.1, 0.15) is 16.7 Å². The summed E-state index contributed by atoms with van der Waals surface area (Å²) in [6.45, 7) is 1.88. The zero-order chi connectivity index (χ0) is 21.6. The summed E-state index contributed by atoms with van der Waals surface area (Å²) in [6.07, 6.45) is 4.91. The van der Waals surface area contributed by atoms with Crippen molar-refractivity contribution in [3.05, 3.63) is 102 Å². The van der Waals surface area contributed by atoms with E-state index in [1.165, 1.54) is 6.08 Å². The topological polar surface area (TPSA) is 75.0 Å². The minimum absolute atomic E-state index is 0.221. The lowest BCUT2D eigenvalue weighted by molar-refractivity contribution is -0.111. The number of amides is 1. The van der Waals surface area contributed by atoms with E-state index in [2.05, 4.69) is 16.4 Å². The fourth-order valence-electron chi connectivity index (χ4n) is 3.24. The van der Waals surface area contributed by atoms with E-state index in [4.69, 9.17) is 10.00 Å². The largest absolute Gasteiger partial charge is 0.438 e. The van der Waals surface area contributed by atoms with Crippen molar-refractivity contribution in [2.75, 3.05) is 5.32 Å². The quantitative estimate of drug-likeness (QED) is 0.422. The molecule has 0 saturated heterocycles. The van der Waals surface area contributed by atoms with Gasteiger partial charge in [-0.1, -0.05) is 42.5 Å². The molecule has 5 heteroatoms. The van der Waals surface area contributed by atoms with Gasteiger partial charge in [-0.25, -0.2) is 4.98 Å². The standard InChI is InChI=1S/C26H19N3O2/c1-18-16-22(31-26-21(17-27)9-5-15-28-26)12-13-24(18)29-25(30)14-11-20-8-4-7-19-6-2-3-10-23(19)20/h2-16H,1H3,(H,29,30)/b14-11+. The Morgan fingerprint density at radius 1 is 1.06 bits per heavy atom. The smallest absolute Gasteiger partial charge is 0.248 e. The molecule has 0 bridgehead atoms. The number of rotatable bonds is 5. The number of anilines is 1. The highest BCUT2D eigenvalue weighted by molar-refractivity contribution is 6.04. The van der Waals surface area contributed by atoms with E-state index in [0.29, 0.717) is 17.0 Å². The van der Waals surface area contributed by atoms with E-state index in [9.17, 15) is 4.79 Å². The first-order valence-corrected chi connectivity index (χ1v) is 9.74. The number of nitriles is 1. The molecule has 0 saturated carbocycles. The van der Waals surface area contributed by atoms with Crippen LogP contribution < -0.4 is 10.1 Å². The van der Waals surface area contributed by atoms with Crippen molar-refractivity contribution < 1.29 is 9.53 Å². The highest BCUT2D eigenvalue weighted by Gasteiger charge is 2.08. The number of ether oxygens (including phenoxy) is 1. The second kappa shape index (κ2) is 8.93. The van der Waals surface area contributed by atoms with Crippen molar-refractivity contribution in [2.24, 2.45) is 0 Å². The number of hydrogen-bond acceptors (Lipinski definition) is 4. The molecule has 3 aromatic carbocycles. The molecule has 0 spiro atoms.